The molecule has 0 aromatic carbocycles. The van der Waals surface area contributed by atoms with Crippen molar-refractivity contribution in [2.24, 2.45) is 0 Å². The molecule has 0 bridgehead atoms. The van der Waals surface area contributed by atoms with Crippen molar-refractivity contribution in [1.29, 1.82) is 0 Å². The quantitative estimate of drug-likeness (QED) is 0.569. The van der Waals surface area contributed by atoms with E-state index in [4.69, 9.17) is 9.84 Å². The number of halogens is 1. The third-order valence-electron chi connectivity index (χ3n) is 5.06. The molecule has 1 aliphatic rings. The number of rotatable bonds is 2. The molecule has 1 N–H and O–H groups in total. The molecule has 5 rings (SSSR count). The molecule has 4 aromatic rings. The van der Waals surface area contributed by atoms with Gasteiger partial charge >= 0.3 is 0 Å². The predicted molar refractivity (Wildman–Crippen MR) is 102 cm³/mol. The SMILES string of the molecule is Cc1cc(-c2c(-c3ccc(F)cn3)nn3c2OC(C)CC3C)c2cn[nH]c2n1. The Morgan fingerprint density at radius 1 is 1.25 bits per heavy atom. The van der Waals surface area contributed by atoms with Gasteiger partial charge < -0.3 is 4.74 Å². The molecular weight excluding hydrogens is 359 g/mol. The number of nitrogens with zero attached hydrogens (tertiary/aromatic N) is 5. The van der Waals surface area contributed by atoms with E-state index in [-0.39, 0.29) is 18.0 Å². The van der Waals surface area contributed by atoms with Crippen molar-refractivity contribution >= 4 is 11.0 Å². The van der Waals surface area contributed by atoms with Crippen LogP contribution in [0.15, 0.2) is 30.6 Å². The van der Waals surface area contributed by atoms with Gasteiger partial charge in [-0.15, -0.1) is 0 Å². The van der Waals surface area contributed by atoms with Crippen LogP contribution in [0, 0.1) is 12.7 Å². The van der Waals surface area contributed by atoms with Crippen LogP contribution in [0.3, 0.4) is 0 Å². The first-order valence-electron chi connectivity index (χ1n) is 9.23. The van der Waals surface area contributed by atoms with Crippen LogP contribution >= 0.6 is 0 Å². The van der Waals surface area contributed by atoms with E-state index in [1.165, 1.54) is 12.3 Å². The number of aryl methyl sites for hydroxylation is 1. The van der Waals surface area contributed by atoms with E-state index in [1.807, 2.05) is 17.7 Å². The summed E-state index contributed by atoms with van der Waals surface area (Å²) in [6.07, 6.45) is 3.88. The van der Waals surface area contributed by atoms with Crippen LogP contribution < -0.4 is 4.74 Å². The Bertz CT molecular complexity index is 1180. The number of nitrogens with one attached hydrogen (secondary N) is 1. The molecule has 1 aliphatic heterocycles. The van der Waals surface area contributed by atoms with Crippen molar-refractivity contribution in [2.45, 2.75) is 39.3 Å². The summed E-state index contributed by atoms with van der Waals surface area (Å²) in [5, 5.41) is 12.8. The number of H-pyrrole nitrogens is 1. The number of aromatic amines is 1. The van der Waals surface area contributed by atoms with Gasteiger partial charge in [0.1, 0.15) is 11.5 Å². The van der Waals surface area contributed by atoms with Gasteiger partial charge in [-0.2, -0.15) is 10.2 Å². The van der Waals surface area contributed by atoms with Crippen LogP contribution in [0.5, 0.6) is 5.88 Å². The molecule has 2 atom stereocenters. The van der Waals surface area contributed by atoms with E-state index >= 15 is 0 Å². The Morgan fingerprint density at radius 2 is 2.11 bits per heavy atom. The molecule has 142 valence electrons. The highest BCUT2D eigenvalue weighted by Gasteiger charge is 2.32. The van der Waals surface area contributed by atoms with Gasteiger partial charge in [0.15, 0.2) is 5.65 Å². The number of pyridine rings is 2. The third kappa shape index (κ3) is 2.56. The van der Waals surface area contributed by atoms with E-state index in [0.717, 1.165) is 28.6 Å². The van der Waals surface area contributed by atoms with E-state index in [9.17, 15) is 4.39 Å². The highest BCUT2D eigenvalue weighted by molar-refractivity contribution is 5.98. The van der Waals surface area contributed by atoms with Crippen molar-refractivity contribution in [3.05, 3.63) is 42.1 Å². The lowest BCUT2D eigenvalue weighted by Crippen LogP contribution is -2.26. The Hall–Kier alpha value is -3.29. The van der Waals surface area contributed by atoms with Gasteiger partial charge in [-0.1, -0.05) is 0 Å². The maximum absolute atomic E-state index is 13.5. The second-order valence-electron chi connectivity index (χ2n) is 7.29. The molecule has 0 spiro atoms. The number of fused-ring (bicyclic) bond motifs is 2. The topological polar surface area (TPSA) is 81.5 Å². The number of hydrogen-bond donors (Lipinski definition) is 1. The molecule has 5 heterocycles. The van der Waals surface area contributed by atoms with Crippen molar-refractivity contribution < 1.29 is 9.13 Å². The fraction of sp³-hybridized carbons (Fsp3) is 0.300. The van der Waals surface area contributed by atoms with Crippen LogP contribution in [0.2, 0.25) is 0 Å². The summed E-state index contributed by atoms with van der Waals surface area (Å²) < 4.78 is 21.6. The van der Waals surface area contributed by atoms with Gasteiger partial charge in [-0.3, -0.25) is 10.1 Å². The van der Waals surface area contributed by atoms with Gasteiger partial charge in [-0.25, -0.2) is 14.1 Å². The van der Waals surface area contributed by atoms with Gasteiger partial charge in [0.05, 0.1) is 35.8 Å². The zero-order valence-electron chi connectivity index (χ0n) is 15.8. The normalized spacial score (nSPS) is 18.9. The van der Waals surface area contributed by atoms with Crippen molar-refractivity contribution in [3.8, 4) is 28.4 Å². The minimum absolute atomic E-state index is 0.0646. The van der Waals surface area contributed by atoms with Crippen molar-refractivity contribution in [2.75, 3.05) is 0 Å². The monoisotopic (exact) mass is 378 g/mol. The largest absolute Gasteiger partial charge is 0.474 e. The summed E-state index contributed by atoms with van der Waals surface area (Å²) in [7, 11) is 0. The molecule has 7 nitrogen and oxygen atoms in total. The second kappa shape index (κ2) is 6.12. The summed E-state index contributed by atoms with van der Waals surface area (Å²) in [5.41, 5.74) is 4.54. The molecule has 0 radical (unpaired) electrons. The maximum atomic E-state index is 13.5. The first-order chi connectivity index (χ1) is 13.5. The fourth-order valence-electron chi connectivity index (χ4n) is 3.85. The predicted octanol–water partition coefficient (Wildman–Crippen LogP) is 4.06. The summed E-state index contributed by atoms with van der Waals surface area (Å²) in [6, 6.07) is 5.20. The standard InChI is InChI=1S/C20H19FN6O/c1-10-6-14(15-9-23-25-19(15)24-10)17-18(16-5-4-13(21)8-22-16)26-27-11(2)7-12(3)28-20(17)27/h4-6,8-9,11-12H,7H2,1-3H3,(H,23,24,25). The zero-order chi connectivity index (χ0) is 19.4. The highest BCUT2D eigenvalue weighted by Crippen LogP contribution is 2.45. The molecule has 0 fully saturated rings. The zero-order valence-corrected chi connectivity index (χ0v) is 15.8. The third-order valence-corrected chi connectivity index (χ3v) is 5.06. The van der Waals surface area contributed by atoms with Crippen molar-refractivity contribution in [3.63, 3.8) is 0 Å². The molecule has 28 heavy (non-hydrogen) atoms. The van der Waals surface area contributed by atoms with E-state index < -0.39 is 0 Å². The summed E-state index contributed by atoms with van der Waals surface area (Å²) >= 11 is 0. The van der Waals surface area contributed by atoms with E-state index in [2.05, 4.69) is 34.0 Å². The number of hydrogen-bond acceptors (Lipinski definition) is 5. The molecule has 0 amide bonds. The summed E-state index contributed by atoms with van der Waals surface area (Å²) in [6.45, 7) is 6.10. The lowest BCUT2D eigenvalue weighted by atomic mass is 10.0. The minimum atomic E-state index is -0.385. The summed E-state index contributed by atoms with van der Waals surface area (Å²) in [5.74, 6) is 0.310. The van der Waals surface area contributed by atoms with Crippen LogP contribution in [0.4, 0.5) is 4.39 Å². The van der Waals surface area contributed by atoms with Gasteiger partial charge in [0.2, 0.25) is 5.88 Å². The maximum Gasteiger partial charge on any atom is 0.221 e. The van der Waals surface area contributed by atoms with E-state index in [1.54, 1.807) is 12.3 Å². The summed E-state index contributed by atoms with van der Waals surface area (Å²) in [4.78, 5) is 8.78. The fourth-order valence-corrected chi connectivity index (χ4v) is 3.85. The van der Waals surface area contributed by atoms with Crippen molar-refractivity contribution in [1.82, 2.24) is 29.9 Å². The minimum Gasteiger partial charge on any atom is -0.474 e. The molecule has 0 aliphatic carbocycles. The molecule has 0 saturated heterocycles. The average Bonchev–Trinajstić information content (AvgIpc) is 3.26. The van der Waals surface area contributed by atoms with Crippen LogP contribution in [-0.2, 0) is 0 Å². The Kier molecular flexibility index (Phi) is 3.68. The Morgan fingerprint density at radius 3 is 2.89 bits per heavy atom. The average molecular weight is 378 g/mol. The number of ether oxygens (including phenoxy) is 1. The number of aromatic nitrogens is 6. The lowest BCUT2D eigenvalue weighted by Gasteiger charge is -2.27. The molecular formula is C20H19FN6O. The van der Waals surface area contributed by atoms with Gasteiger partial charge in [0, 0.05) is 23.1 Å². The molecule has 8 heteroatoms. The Balaban J connectivity index is 1.85. The van der Waals surface area contributed by atoms with Gasteiger partial charge in [0.25, 0.3) is 0 Å². The highest BCUT2D eigenvalue weighted by atomic mass is 19.1. The molecule has 2 unspecified atom stereocenters. The van der Waals surface area contributed by atoms with Crippen LogP contribution in [-0.4, -0.2) is 36.0 Å². The van der Waals surface area contributed by atoms with Gasteiger partial charge in [-0.05, 0) is 39.0 Å². The lowest BCUT2D eigenvalue weighted by molar-refractivity contribution is 0.127. The molecule has 0 saturated carbocycles. The van der Waals surface area contributed by atoms with Crippen LogP contribution in [0.1, 0.15) is 32.0 Å². The second-order valence-corrected chi connectivity index (χ2v) is 7.29. The van der Waals surface area contributed by atoms with Crippen LogP contribution in [0.25, 0.3) is 33.5 Å². The van der Waals surface area contributed by atoms with E-state index in [0.29, 0.717) is 22.9 Å². The smallest absolute Gasteiger partial charge is 0.221 e. The Labute approximate surface area is 160 Å². The first kappa shape index (κ1) is 16.9. The molecule has 4 aromatic heterocycles. The first-order valence-corrected chi connectivity index (χ1v) is 9.23.